The van der Waals surface area contributed by atoms with Gasteiger partial charge in [0.05, 0.1) is 18.8 Å². The third-order valence-electron chi connectivity index (χ3n) is 4.72. The molecule has 2 aromatic rings. The highest BCUT2D eigenvalue weighted by Gasteiger charge is 2.32. The lowest BCUT2D eigenvalue weighted by Gasteiger charge is -2.18. The number of amides is 2. The van der Waals surface area contributed by atoms with Gasteiger partial charge in [-0.15, -0.1) is 0 Å². The Kier molecular flexibility index (Phi) is 5.91. The van der Waals surface area contributed by atoms with Gasteiger partial charge in [0, 0.05) is 12.5 Å². The van der Waals surface area contributed by atoms with Crippen LogP contribution in [-0.2, 0) is 16.0 Å². The number of cyclic esters (lactones) is 1. The van der Waals surface area contributed by atoms with Crippen molar-refractivity contribution in [2.24, 2.45) is 5.41 Å². The molecule has 1 saturated heterocycles. The second-order valence-corrected chi connectivity index (χ2v) is 8.65. The molecule has 0 unspecified atom stereocenters. The summed E-state index contributed by atoms with van der Waals surface area (Å²) in [5.74, 6) is -0.590. The zero-order valence-electron chi connectivity index (χ0n) is 17.3. The van der Waals surface area contributed by atoms with Crippen molar-refractivity contribution in [1.82, 2.24) is 5.32 Å². The van der Waals surface area contributed by atoms with E-state index in [4.69, 9.17) is 4.74 Å². The minimum Gasteiger partial charge on any atom is -0.442 e. The molecule has 3 rings (SSSR count). The second kappa shape index (κ2) is 8.23. The predicted molar refractivity (Wildman–Crippen MR) is 111 cm³/mol. The topological polar surface area (TPSA) is 58.6 Å². The lowest BCUT2D eigenvalue weighted by Crippen LogP contribution is -2.33. The number of hydrogen-bond acceptors (Lipinski definition) is 3. The maximum Gasteiger partial charge on any atom is 0.414 e. The van der Waals surface area contributed by atoms with Gasteiger partial charge in [-0.25, -0.2) is 9.18 Å². The van der Waals surface area contributed by atoms with Crippen molar-refractivity contribution >= 4 is 17.7 Å². The highest BCUT2D eigenvalue weighted by molar-refractivity contribution is 5.90. The number of halogens is 1. The largest absolute Gasteiger partial charge is 0.442 e. The number of anilines is 1. The highest BCUT2D eigenvalue weighted by Crippen LogP contribution is 2.30. The summed E-state index contributed by atoms with van der Waals surface area (Å²) in [6.07, 6.45) is -0.0469. The van der Waals surface area contributed by atoms with Crippen LogP contribution in [0.1, 0.15) is 33.3 Å². The molecule has 0 aliphatic carbocycles. The number of rotatable bonds is 5. The van der Waals surface area contributed by atoms with Gasteiger partial charge in [0.1, 0.15) is 11.9 Å². The number of benzene rings is 2. The Bertz CT molecular complexity index is 903. The molecular weight excluding hydrogens is 371 g/mol. The molecule has 0 spiro atoms. The van der Waals surface area contributed by atoms with Crippen LogP contribution in [0.3, 0.4) is 0 Å². The fraction of sp³-hybridized carbons (Fsp3) is 0.391. The van der Waals surface area contributed by atoms with Gasteiger partial charge >= 0.3 is 6.09 Å². The smallest absolute Gasteiger partial charge is 0.414 e. The fourth-order valence-electron chi connectivity index (χ4n) is 3.42. The van der Waals surface area contributed by atoms with E-state index in [0.717, 1.165) is 12.0 Å². The first-order valence-corrected chi connectivity index (χ1v) is 9.74. The van der Waals surface area contributed by atoms with Crippen molar-refractivity contribution in [3.63, 3.8) is 0 Å². The first-order chi connectivity index (χ1) is 13.6. The van der Waals surface area contributed by atoms with E-state index in [-0.39, 0.29) is 24.4 Å². The molecule has 0 aromatic heterocycles. The Balaban J connectivity index is 1.73. The van der Waals surface area contributed by atoms with Crippen LogP contribution in [0.15, 0.2) is 42.5 Å². The Morgan fingerprint density at radius 2 is 1.90 bits per heavy atom. The van der Waals surface area contributed by atoms with E-state index < -0.39 is 18.0 Å². The molecule has 154 valence electrons. The van der Waals surface area contributed by atoms with Crippen molar-refractivity contribution in [3.05, 3.63) is 53.8 Å². The van der Waals surface area contributed by atoms with Crippen molar-refractivity contribution in [1.29, 1.82) is 0 Å². The Hall–Kier alpha value is -2.89. The number of nitrogens with zero attached hydrogens (tertiary/aromatic N) is 1. The van der Waals surface area contributed by atoms with Crippen LogP contribution in [0.4, 0.5) is 14.9 Å². The molecule has 2 amide bonds. The van der Waals surface area contributed by atoms with Gasteiger partial charge in [-0.3, -0.25) is 9.69 Å². The van der Waals surface area contributed by atoms with Gasteiger partial charge in [0.2, 0.25) is 5.91 Å². The first-order valence-electron chi connectivity index (χ1n) is 9.74. The molecule has 1 fully saturated rings. The summed E-state index contributed by atoms with van der Waals surface area (Å²) in [5, 5.41) is 2.62. The van der Waals surface area contributed by atoms with Crippen LogP contribution >= 0.6 is 0 Å². The molecule has 0 saturated carbocycles. The summed E-state index contributed by atoms with van der Waals surface area (Å²) in [5.41, 5.74) is 3.11. The Morgan fingerprint density at radius 1 is 1.21 bits per heavy atom. The second-order valence-electron chi connectivity index (χ2n) is 8.65. The minimum atomic E-state index is -0.543. The molecule has 1 atom stereocenters. The van der Waals surface area contributed by atoms with Crippen LogP contribution in [-0.4, -0.2) is 31.2 Å². The summed E-state index contributed by atoms with van der Waals surface area (Å²) in [6.45, 7) is 8.45. The number of nitrogens with one attached hydrogen (secondary N) is 1. The van der Waals surface area contributed by atoms with Gasteiger partial charge in [-0.1, -0.05) is 45.0 Å². The standard InChI is InChI=1S/C23H27FN2O3/c1-15(27)25-13-19-14-26(22(28)29-19)18-9-10-20(21(24)11-18)17-7-5-16(6-8-17)12-23(2,3)4/h5-11,19H,12-14H2,1-4H3,(H,25,27)/t19-/m0/s1. The van der Waals surface area contributed by atoms with Crippen LogP contribution in [0.2, 0.25) is 0 Å². The van der Waals surface area contributed by atoms with Crippen LogP contribution in [0, 0.1) is 11.2 Å². The Labute approximate surface area is 170 Å². The number of hydrogen-bond donors (Lipinski definition) is 1. The van der Waals surface area contributed by atoms with Gasteiger partial charge in [0.25, 0.3) is 0 Å². The molecule has 1 N–H and O–H groups in total. The molecule has 0 radical (unpaired) electrons. The van der Waals surface area contributed by atoms with Crippen molar-refractivity contribution in [2.45, 2.75) is 40.2 Å². The molecule has 1 aliphatic heterocycles. The summed E-state index contributed by atoms with van der Waals surface area (Å²) in [6, 6.07) is 12.6. The maximum absolute atomic E-state index is 14.8. The number of carbonyl (C=O) groups is 2. The normalized spacial score (nSPS) is 16.7. The molecule has 5 nitrogen and oxygen atoms in total. The van der Waals surface area contributed by atoms with Crippen LogP contribution in [0.5, 0.6) is 0 Å². The van der Waals surface area contributed by atoms with Crippen molar-refractivity contribution in [2.75, 3.05) is 18.0 Å². The third kappa shape index (κ3) is 5.34. The zero-order chi connectivity index (χ0) is 21.2. The summed E-state index contributed by atoms with van der Waals surface area (Å²) in [4.78, 5) is 24.5. The van der Waals surface area contributed by atoms with E-state index in [2.05, 4.69) is 26.1 Å². The lowest BCUT2D eigenvalue weighted by atomic mass is 9.87. The zero-order valence-corrected chi connectivity index (χ0v) is 17.3. The van der Waals surface area contributed by atoms with E-state index >= 15 is 0 Å². The summed E-state index contributed by atoms with van der Waals surface area (Å²) < 4.78 is 20.0. The molecule has 2 aromatic carbocycles. The van der Waals surface area contributed by atoms with E-state index in [1.54, 1.807) is 12.1 Å². The van der Waals surface area contributed by atoms with Crippen molar-refractivity contribution < 1.29 is 18.7 Å². The van der Waals surface area contributed by atoms with Crippen LogP contribution < -0.4 is 10.2 Å². The molecule has 1 aliphatic rings. The first kappa shape index (κ1) is 20.8. The minimum absolute atomic E-state index is 0.191. The van der Waals surface area contributed by atoms with E-state index in [0.29, 0.717) is 11.3 Å². The van der Waals surface area contributed by atoms with Crippen molar-refractivity contribution in [3.8, 4) is 11.1 Å². The molecule has 1 heterocycles. The maximum atomic E-state index is 14.8. The molecule has 0 bridgehead atoms. The SMILES string of the molecule is CC(=O)NC[C@H]1CN(c2ccc(-c3ccc(CC(C)(C)C)cc3)c(F)c2)C(=O)O1. The quantitative estimate of drug-likeness (QED) is 0.804. The average Bonchev–Trinajstić information content (AvgIpc) is 3.00. The molecule has 29 heavy (non-hydrogen) atoms. The van der Waals surface area contributed by atoms with Gasteiger partial charge < -0.3 is 10.1 Å². The number of ether oxygens (including phenoxy) is 1. The lowest BCUT2D eigenvalue weighted by molar-refractivity contribution is -0.119. The monoisotopic (exact) mass is 398 g/mol. The van der Waals surface area contributed by atoms with Gasteiger partial charge in [0.15, 0.2) is 0 Å². The third-order valence-corrected chi connectivity index (χ3v) is 4.72. The van der Waals surface area contributed by atoms with E-state index in [1.807, 2.05) is 24.3 Å². The Morgan fingerprint density at radius 3 is 2.48 bits per heavy atom. The predicted octanol–water partition coefficient (Wildman–Crippen LogP) is 4.54. The molecular formula is C23H27FN2O3. The van der Waals surface area contributed by atoms with E-state index in [9.17, 15) is 14.0 Å². The summed E-state index contributed by atoms with van der Waals surface area (Å²) >= 11 is 0. The highest BCUT2D eigenvalue weighted by atomic mass is 19.1. The molecule has 6 heteroatoms. The summed E-state index contributed by atoms with van der Waals surface area (Å²) in [7, 11) is 0. The fourth-order valence-corrected chi connectivity index (χ4v) is 3.42. The van der Waals surface area contributed by atoms with Crippen LogP contribution in [0.25, 0.3) is 11.1 Å². The van der Waals surface area contributed by atoms with E-state index in [1.165, 1.54) is 23.5 Å². The number of carbonyl (C=O) groups excluding carboxylic acids is 2. The average molecular weight is 398 g/mol. The van der Waals surface area contributed by atoms with Gasteiger partial charge in [-0.2, -0.15) is 0 Å². The van der Waals surface area contributed by atoms with Gasteiger partial charge in [-0.05, 0) is 41.2 Å².